The number of halogens is 1. The Morgan fingerprint density at radius 3 is 2.10 bits per heavy atom. The van der Waals surface area contributed by atoms with Gasteiger partial charge in [0.05, 0.1) is 8.80 Å². The summed E-state index contributed by atoms with van der Waals surface area (Å²) in [5.74, 6) is 0. The fraction of sp³-hybridized carbons (Fsp3) is 0.294. The Bertz CT molecular complexity index is 511. The lowest BCUT2D eigenvalue weighted by atomic mass is 10.4. The van der Waals surface area contributed by atoms with Crippen LogP contribution in [0.4, 0.5) is 0 Å². The van der Waals surface area contributed by atoms with Crippen LogP contribution in [0.1, 0.15) is 6.42 Å². The summed E-state index contributed by atoms with van der Waals surface area (Å²) in [5, 5.41) is 2.90. The van der Waals surface area contributed by atoms with Crippen molar-refractivity contribution in [3.63, 3.8) is 0 Å². The lowest BCUT2D eigenvalue weighted by Gasteiger charge is -2.20. The van der Waals surface area contributed by atoms with Crippen LogP contribution >= 0.6 is 11.1 Å². The molecule has 2 rings (SSSR count). The van der Waals surface area contributed by atoms with Crippen molar-refractivity contribution in [1.82, 2.24) is 0 Å². The molecule has 0 amide bonds. The van der Waals surface area contributed by atoms with E-state index in [1.54, 1.807) is 0 Å². The molecule has 0 nitrogen and oxygen atoms in total. The summed E-state index contributed by atoms with van der Waals surface area (Å²) in [6.45, 7) is 4.68. The highest BCUT2D eigenvalue weighted by Crippen LogP contribution is 2.19. The van der Waals surface area contributed by atoms with Crippen molar-refractivity contribution < 1.29 is 0 Å². The van der Waals surface area contributed by atoms with Gasteiger partial charge in [0.15, 0.2) is 7.38 Å². The molecule has 0 bridgehead atoms. The van der Waals surface area contributed by atoms with Crippen molar-refractivity contribution in [3.05, 3.63) is 60.7 Å². The van der Waals surface area contributed by atoms with Crippen LogP contribution in [-0.4, -0.2) is 16.2 Å². The average Bonchev–Trinajstić information content (AvgIpc) is 2.49. The minimum atomic E-state index is -1.76. The first-order valence-electron chi connectivity index (χ1n) is 7.22. The van der Waals surface area contributed by atoms with Gasteiger partial charge in [0.2, 0.25) is 0 Å². The zero-order valence-electron chi connectivity index (χ0n) is 12.3. The second-order valence-electron chi connectivity index (χ2n) is 5.56. The van der Waals surface area contributed by atoms with Crippen molar-refractivity contribution in [2.45, 2.75) is 31.6 Å². The van der Waals surface area contributed by atoms with Crippen LogP contribution in [0.25, 0.3) is 0 Å². The summed E-state index contributed by atoms with van der Waals surface area (Å²) < 4.78 is 0. The molecule has 0 fully saturated rings. The van der Waals surface area contributed by atoms with E-state index in [4.69, 9.17) is 11.1 Å². The molecule has 0 aromatic heterocycles. The zero-order chi connectivity index (χ0) is 14.4. The molecule has 1 unspecified atom stereocenters. The van der Waals surface area contributed by atoms with E-state index in [1.807, 2.05) is 0 Å². The van der Waals surface area contributed by atoms with E-state index < -0.39 is 16.2 Å². The van der Waals surface area contributed by atoms with Crippen molar-refractivity contribution in [3.8, 4) is 0 Å². The van der Waals surface area contributed by atoms with Gasteiger partial charge in [0.1, 0.15) is 0 Å². The lowest BCUT2D eigenvalue weighted by Crippen LogP contribution is -2.38. The molecule has 0 N–H and O–H groups in total. The van der Waals surface area contributed by atoms with Gasteiger partial charge >= 0.3 is 0 Å². The molecule has 1 radical (unpaired) electrons. The average molecular weight is 318 g/mol. The molecular weight excluding hydrogens is 296 g/mol. The lowest BCUT2D eigenvalue weighted by molar-refractivity contribution is 1.04. The van der Waals surface area contributed by atoms with E-state index in [9.17, 15) is 0 Å². The molecule has 0 spiro atoms. The van der Waals surface area contributed by atoms with E-state index in [-0.39, 0.29) is 0 Å². The van der Waals surface area contributed by atoms with E-state index >= 15 is 0 Å². The second kappa shape index (κ2) is 7.25. The van der Waals surface area contributed by atoms with Crippen LogP contribution in [0.5, 0.6) is 0 Å². The quantitative estimate of drug-likeness (QED) is 0.555. The Morgan fingerprint density at radius 2 is 1.50 bits per heavy atom. The normalized spacial score (nSPS) is 14.2. The third-order valence-corrected chi connectivity index (χ3v) is 10.3. The predicted octanol–water partition coefficient (Wildman–Crippen LogP) is 4.13. The topological polar surface area (TPSA) is 0 Å². The molecule has 3 heteroatoms. The van der Waals surface area contributed by atoms with Crippen molar-refractivity contribution in [2.75, 3.05) is 0 Å². The van der Waals surface area contributed by atoms with E-state index in [0.717, 1.165) is 0 Å². The van der Waals surface area contributed by atoms with Gasteiger partial charge in [-0.05, 0) is 11.2 Å². The molecule has 0 saturated carbocycles. The minimum Gasteiger partial charge on any atom is -0.161 e. The highest BCUT2D eigenvalue weighted by molar-refractivity contribution is 7.26. The predicted molar refractivity (Wildman–Crippen MR) is 95.5 cm³/mol. The van der Waals surface area contributed by atoms with Gasteiger partial charge in [0.25, 0.3) is 0 Å². The SMILES string of the molecule is C[Si](CCC[Si](C)(Cl)c1ccccc1)c1ccccc1. The number of benzene rings is 2. The number of rotatable bonds is 6. The molecule has 0 saturated heterocycles. The van der Waals surface area contributed by atoms with Crippen LogP contribution in [0.3, 0.4) is 0 Å². The molecule has 105 valence electrons. The summed E-state index contributed by atoms with van der Waals surface area (Å²) in [7, 11) is -2.17. The van der Waals surface area contributed by atoms with Crippen molar-refractivity contribution in [2.24, 2.45) is 0 Å². The first-order chi connectivity index (χ1) is 9.59. The van der Waals surface area contributed by atoms with Crippen LogP contribution in [-0.2, 0) is 0 Å². The summed E-state index contributed by atoms with van der Waals surface area (Å²) in [4.78, 5) is 0. The van der Waals surface area contributed by atoms with E-state index in [2.05, 4.69) is 73.8 Å². The maximum Gasteiger partial charge on any atom is 0.183 e. The Morgan fingerprint density at radius 1 is 0.950 bits per heavy atom. The molecule has 0 aliphatic rings. The summed E-state index contributed by atoms with van der Waals surface area (Å²) in [6, 6.07) is 24.0. The van der Waals surface area contributed by atoms with Crippen LogP contribution in [0, 0.1) is 0 Å². The Balaban J connectivity index is 1.87. The zero-order valence-corrected chi connectivity index (χ0v) is 15.0. The number of hydrogen-bond acceptors (Lipinski definition) is 0. The van der Waals surface area contributed by atoms with E-state index in [1.165, 1.54) is 28.9 Å². The Hall–Kier alpha value is -0.836. The Kier molecular flexibility index (Phi) is 5.64. The fourth-order valence-corrected chi connectivity index (χ4v) is 7.39. The molecule has 1 atom stereocenters. The number of hydrogen-bond donors (Lipinski definition) is 0. The molecule has 0 heterocycles. The maximum atomic E-state index is 6.84. The van der Waals surface area contributed by atoms with Crippen LogP contribution < -0.4 is 10.4 Å². The Labute approximate surface area is 130 Å². The fourth-order valence-electron chi connectivity index (χ4n) is 2.48. The monoisotopic (exact) mass is 317 g/mol. The first kappa shape index (κ1) is 15.6. The van der Waals surface area contributed by atoms with Crippen LogP contribution in [0.15, 0.2) is 60.7 Å². The maximum absolute atomic E-state index is 6.84. The third-order valence-electron chi connectivity index (χ3n) is 3.84. The van der Waals surface area contributed by atoms with Crippen LogP contribution in [0.2, 0.25) is 25.2 Å². The molecule has 20 heavy (non-hydrogen) atoms. The van der Waals surface area contributed by atoms with Gasteiger partial charge in [-0.1, -0.05) is 91.4 Å². The molecule has 2 aromatic rings. The second-order valence-corrected chi connectivity index (χ2v) is 14.2. The van der Waals surface area contributed by atoms with Crippen molar-refractivity contribution >= 4 is 37.6 Å². The summed E-state index contributed by atoms with van der Waals surface area (Å²) >= 11 is 6.84. The van der Waals surface area contributed by atoms with Gasteiger partial charge in [-0.2, -0.15) is 11.1 Å². The third kappa shape index (κ3) is 4.33. The van der Waals surface area contributed by atoms with Gasteiger partial charge < -0.3 is 0 Å². The highest BCUT2D eigenvalue weighted by atomic mass is 35.6. The molecular formula is C17H22ClSi2. The highest BCUT2D eigenvalue weighted by Gasteiger charge is 2.26. The largest absolute Gasteiger partial charge is 0.183 e. The summed E-state index contributed by atoms with van der Waals surface area (Å²) in [5.41, 5.74) is 0. The van der Waals surface area contributed by atoms with Gasteiger partial charge in [-0.25, -0.2) is 0 Å². The van der Waals surface area contributed by atoms with Gasteiger partial charge in [-0.15, -0.1) is 0 Å². The molecule has 2 aromatic carbocycles. The van der Waals surface area contributed by atoms with E-state index in [0.29, 0.717) is 0 Å². The van der Waals surface area contributed by atoms with Crippen molar-refractivity contribution in [1.29, 1.82) is 0 Å². The standard InChI is InChI=1S/C17H22ClSi2/c1-19(16-10-5-3-6-11-16)14-9-15-20(2,18)17-12-7-4-8-13-17/h3-8,10-13H,9,14-15H2,1-2H3. The first-order valence-corrected chi connectivity index (χ1v) is 13.1. The summed E-state index contributed by atoms with van der Waals surface area (Å²) in [6.07, 6.45) is 1.25. The van der Waals surface area contributed by atoms with Gasteiger partial charge in [-0.3, -0.25) is 0 Å². The van der Waals surface area contributed by atoms with Gasteiger partial charge in [0, 0.05) is 0 Å². The molecule has 0 aliphatic heterocycles. The smallest absolute Gasteiger partial charge is 0.161 e. The minimum absolute atomic E-state index is 0.407. The molecule has 0 aliphatic carbocycles.